The zero-order chi connectivity index (χ0) is 26.3. The van der Waals surface area contributed by atoms with Gasteiger partial charge in [-0.05, 0) is 44.9 Å². The number of amides is 3. The van der Waals surface area contributed by atoms with Crippen molar-refractivity contribution in [2.45, 2.75) is 32.6 Å². The fraction of sp³-hybridized carbons (Fsp3) is 0.292. The van der Waals surface area contributed by atoms with E-state index in [2.05, 4.69) is 25.6 Å². The second-order valence-corrected chi connectivity index (χ2v) is 10.2. The number of aryl methyl sites for hydroxylation is 2. The summed E-state index contributed by atoms with van der Waals surface area (Å²) in [5.74, 6) is -1.20. The van der Waals surface area contributed by atoms with Gasteiger partial charge in [0.1, 0.15) is 5.69 Å². The minimum atomic E-state index is -0.695. The van der Waals surface area contributed by atoms with Crippen molar-refractivity contribution < 1.29 is 14.4 Å². The summed E-state index contributed by atoms with van der Waals surface area (Å²) >= 11 is 7.33. The summed E-state index contributed by atoms with van der Waals surface area (Å²) < 4.78 is 1.64. The molecule has 1 aliphatic rings. The molecule has 5 rings (SSSR count). The minimum absolute atomic E-state index is 0.120. The standard InChI is InChI=1S/C24H23ClN8O3S/c1-12-9-19-29-30-20(13(2)33(19)31-12)24(36)32-7-5-14(6-8-32)23-28-18(11-37-23)22(35)27-17-4-3-15(25)10-16(17)21(26)34/h3-4,9-11,14H,5-8H2,1-2H3,(H2,26,34)(H,27,35). The molecule has 37 heavy (non-hydrogen) atoms. The number of primary amides is 1. The zero-order valence-electron chi connectivity index (χ0n) is 20.1. The lowest BCUT2D eigenvalue weighted by Gasteiger charge is -2.31. The number of piperidine rings is 1. The molecular weight excluding hydrogens is 516 g/mol. The maximum absolute atomic E-state index is 13.2. The number of benzene rings is 1. The Morgan fingerprint density at radius 3 is 2.62 bits per heavy atom. The van der Waals surface area contributed by atoms with Crippen molar-refractivity contribution in [2.24, 2.45) is 5.73 Å². The smallest absolute Gasteiger partial charge is 0.276 e. The Labute approximate surface area is 220 Å². The number of hydrogen-bond acceptors (Lipinski definition) is 8. The SMILES string of the molecule is Cc1cc2nnc(C(=O)N3CCC(c4nc(C(=O)Nc5ccc(Cl)cc5C(N)=O)cs4)CC3)c(C)n2n1. The van der Waals surface area contributed by atoms with Gasteiger partial charge in [0.25, 0.3) is 17.7 Å². The molecule has 3 amide bonds. The first-order valence-electron chi connectivity index (χ1n) is 11.6. The van der Waals surface area contributed by atoms with Crippen LogP contribution in [0.1, 0.15) is 66.5 Å². The summed E-state index contributed by atoms with van der Waals surface area (Å²) in [4.78, 5) is 43.9. The second-order valence-electron chi connectivity index (χ2n) is 8.84. The highest BCUT2D eigenvalue weighted by Gasteiger charge is 2.29. The number of halogens is 1. The lowest BCUT2D eigenvalue weighted by atomic mass is 9.97. The quantitative estimate of drug-likeness (QED) is 0.396. The molecule has 3 N–H and O–H groups in total. The molecule has 4 aromatic rings. The Kier molecular flexibility index (Phi) is 6.61. The van der Waals surface area contributed by atoms with Gasteiger partial charge in [0.2, 0.25) is 0 Å². The van der Waals surface area contributed by atoms with Crippen molar-refractivity contribution in [2.75, 3.05) is 18.4 Å². The number of fused-ring (bicyclic) bond motifs is 1. The molecule has 0 spiro atoms. The number of carbonyl (C=O) groups is 3. The van der Waals surface area contributed by atoms with E-state index < -0.39 is 11.8 Å². The van der Waals surface area contributed by atoms with E-state index in [4.69, 9.17) is 17.3 Å². The van der Waals surface area contributed by atoms with Crippen molar-refractivity contribution >= 4 is 52.0 Å². The average molecular weight is 539 g/mol. The van der Waals surface area contributed by atoms with Gasteiger partial charge in [-0.2, -0.15) is 5.10 Å². The van der Waals surface area contributed by atoms with E-state index >= 15 is 0 Å². The third-order valence-corrected chi connectivity index (χ3v) is 7.55. The number of aromatic nitrogens is 5. The molecule has 13 heteroatoms. The maximum atomic E-state index is 13.2. The lowest BCUT2D eigenvalue weighted by molar-refractivity contribution is 0.0703. The highest BCUT2D eigenvalue weighted by molar-refractivity contribution is 7.10. The molecule has 0 atom stereocenters. The van der Waals surface area contributed by atoms with Crippen LogP contribution in [0.5, 0.6) is 0 Å². The first kappa shape index (κ1) is 24.8. The third kappa shape index (κ3) is 4.89. The number of nitrogens with zero attached hydrogens (tertiary/aromatic N) is 6. The number of thiazole rings is 1. The van der Waals surface area contributed by atoms with Crippen molar-refractivity contribution in [3.63, 3.8) is 0 Å². The van der Waals surface area contributed by atoms with Crippen molar-refractivity contribution in [3.05, 3.63) is 68.0 Å². The number of carbonyl (C=O) groups excluding carboxylic acids is 3. The number of hydrogen-bond donors (Lipinski definition) is 2. The van der Waals surface area contributed by atoms with Gasteiger partial charge in [0.05, 0.1) is 27.6 Å². The number of likely N-dealkylation sites (tertiary alicyclic amines) is 1. The van der Waals surface area contributed by atoms with Crippen LogP contribution in [0.25, 0.3) is 5.65 Å². The molecule has 1 aromatic carbocycles. The van der Waals surface area contributed by atoms with Gasteiger partial charge in [-0.25, -0.2) is 9.50 Å². The predicted molar refractivity (Wildman–Crippen MR) is 138 cm³/mol. The van der Waals surface area contributed by atoms with Crippen LogP contribution >= 0.6 is 22.9 Å². The maximum Gasteiger partial charge on any atom is 0.276 e. The summed E-state index contributed by atoms with van der Waals surface area (Å²) in [5.41, 5.74) is 8.40. The fourth-order valence-electron chi connectivity index (χ4n) is 4.35. The molecule has 190 valence electrons. The van der Waals surface area contributed by atoms with Crippen LogP contribution in [-0.4, -0.2) is 60.5 Å². The van der Waals surface area contributed by atoms with Crippen LogP contribution in [0.3, 0.4) is 0 Å². The van der Waals surface area contributed by atoms with Crippen LogP contribution in [0.15, 0.2) is 29.6 Å². The molecule has 0 aliphatic carbocycles. The van der Waals surface area contributed by atoms with Gasteiger partial charge < -0.3 is 16.0 Å². The summed E-state index contributed by atoms with van der Waals surface area (Å²) in [5, 5.41) is 18.2. The Morgan fingerprint density at radius 2 is 1.89 bits per heavy atom. The molecule has 0 bridgehead atoms. The molecule has 0 saturated carbocycles. The van der Waals surface area contributed by atoms with Gasteiger partial charge in [-0.1, -0.05) is 11.6 Å². The Balaban J connectivity index is 1.23. The topological polar surface area (TPSA) is 148 Å². The van der Waals surface area contributed by atoms with E-state index in [0.29, 0.717) is 48.0 Å². The Hall–Kier alpha value is -3.90. The summed E-state index contributed by atoms with van der Waals surface area (Å²) in [6, 6.07) is 6.31. The van der Waals surface area contributed by atoms with E-state index in [1.807, 2.05) is 19.9 Å². The van der Waals surface area contributed by atoms with Crippen LogP contribution in [-0.2, 0) is 0 Å². The number of nitrogens with two attached hydrogens (primary N) is 1. The normalized spacial score (nSPS) is 14.2. The highest BCUT2D eigenvalue weighted by atomic mass is 35.5. The molecule has 1 fully saturated rings. The number of nitrogens with one attached hydrogen (secondary N) is 1. The van der Waals surface area contributed by atoms with E-state index in [1.54, 1.807) is 20.9 Å². The summed E-state index contributed by atoms with van der Waals surface area (Å²) in [6.45, 7) is 4.75. The largest absolute Gasteiger partial charge is 0.366 e. The van der Waals surface area contributed by atoms with Crippen LogP contribution in [0.4, 0.5) is 5.69 Å². The number of anilines is 1. The first-order valence-corrected chi connectivity index (χ1v) is 12.8. The van der Waals surface area contributed by atoms with Gasteiger partial charge in [0.15, 0.2) is 11.3 Å². The summed E-state index contributed by atoms with van der Waals surface area (Å²) in [6.07, 6.45) is 1.41. The van der Waals surface area contributed by atoms with Crippen molar-refractivity contribution in [1.29, 1.82) is 0 Å². The molecule has 3 aromatic heterocycles. The van der Waals surface area contributed by atoms with E-state index in [0.717, 1.165) is 10.7 Å². The zero-order valence-corrected chi connectivity index (χ0v) is 21.6. The highest BCUT2D eigenvalue weighted by Crippen LogP contribution is 2.31. The average Bonchev–Trinajstić information content (AvgIpc) is 3.52. The van der Waals surface area contributed by atoms with Gasteiger partial charge in [-0.15, -0.1) is 21.5 Å². The molecule has 1 aliphatic heterocycles. The van der Waals surface area contributed by atoms with Crippen LogP contribution in [0.2, 0.25) is 5.02 Å². The van der Waals surface area contributed by atoms with E-state index in [1.165, 1.54) is 23.5 Å². The van der Waals surface area contributed by atoms with Gasteiger partial charge >= 0.3 is 0 Å². The molecular formula is C24H23ClN8O3S. The molecule has 4 heterocycles. The van der Waals surface area contributed by atoms with Crippen LogP contribution in [0, 0.1) is 13.8 Å². The first-order chi connectivity index (χ1) is 17.7. The van der Waals surface area contributed by atoms with Crippen molar-refractivity contribution in [3.8, 4) is 0 Å². The fourth-order valence-corrected chi connectivity index (χ4v) is 5.49. The van der Waals surface area contributed by atoms with E-state index in [-0.39, 0.29) is 28.8 Å². The molecule has 0 radical (unpaired) electrons. The third-order valence-electron chi connectivity index (χ3n) is 6.31. The van der Waals surface area contributed by atoms with E-state index in [9.17, 15) is 14.4 Å². The van der Waals surface area contributed by atoms with Gasteiger partial charge in [-0.3, -0.25) is 14.4 Å². The minimum Gasteiger partial charge on any atom is -0.366 e. The number of rotatable bonds is 5. The molecule has 0 unspecified atom stereocenters. The van der Waals surface area contributed by atoms with Crippen LogP contribution < -0.4 is 11.1 Å². The monoisotopic (exact) mass is 538 g/mol. The molecule has 11 nitrogen and oxygen atoms in total. The van der Waals surface area contributed by atoms with Gasteiger partial charge in [0, 0.05) is 35.5 Å². The summed E-state index contributed by atoms with van der Waals surface area (Å²) in [7, 11) is 0. The van der Waals surface area contributed by atoms with Crippen molar-refractivity contribution in [1.82, 2.24) is 29.7 Å². The second kappa shape index (κ2) is 9.87. The Morgan fingerprint density at radius 1 is 1.14 bits per heavy atom. The molecule has 1 saturated heterocycles. The lowest BCUT2D eigenvalue weighted by Crippen LogP contribution is -2.39. The Bertz CT molecular complexity index is 1540. The predicted octanol–water partition coefficient (Wildman–Crippen LogP) is 3.22.